The standard InChI is InChI=1S/C29H38N4O/c1-22-26(25-13-7-8-14-27(25)30-22)20-33-17-9-10-23(21-34)28(33)32-18-15-29(16-19-32,31(2)3)24-11-5-4-6-12-24/h4-8,11-14,21,23,28,30H,9-10,15-20H2,1-3H3. The van der Waals surface area contributed by atoms with Gasteiger partial charge in [0.2, 0.25) is 0 Å². The van der Waals surface area contributed by atoms with Gasteiger partial charge in [-0.2, -0.15) is 0 Å². The molecule has 3 aromatic rings. The molecule has 2 aromatic carbocycles. The van der Waals surface area contributed by atoms with Crippen molar-refractivity contribution in [3.8, 4) is 0 Å². The first-order valence-corrected chi connectivity index (χ1v) is 12.8. The molecule has 0 spiro atoms. The van der Waals surface area contributed by atoms with Crippen LogP contribution >= 0.6 is 0 Å². The summed E-state index contributed by atoms with van der Waals surface area (Å²) in [6, 6.07) is 19.5. The molecule has 2 aliphatic heterocycles. The SMILES string of the molecule is Cc1[nH]c2ccccc2c1CN1CCCC(C=O)C1N1CCC(c2ccccc2)(N(C)C)CC1. The van der Waals surface area contributed by atoms with Crippen molar-refractivity contribution in [2.24, 2.45) is 5.92 Å². The Morgan fingerprint density at radius 1 is 1.03 bits per heavy atom. The number of para-hydroxylation sites is 1. The second-order valence-electron chi connectivity index (χ2n) is 10.4. The van der Waals surface area contributed by atoms with Crippen molar-refractivity contribution in [3.63, 3.8) is 0 Å². The number of benzene rings is 2. The van der Waals surface area contributed by atoms with Crippen LogP contribution in [0, 0.1) is 12.8 Å². The molecule has 0 saturated carbocycles. The maximum Gasteiger partial charge on any atom is 0.125 e. The van der Waals surface area contributed by atoms with E-state index in [9.17, 15) is 4.79 Å². The lowest BCUT2D eigenvalue weighted by atomic mass is 9.79. The van der Waals surface area contributed by atoms with Gasteiger partial charge in [0.15, 0.2) is 0 Å². The molecule has 5 rings (SSSR count). The van der Waals surface area contributed by atoms with E-state index in [1.807, 2.05) is 0 Å². The number of piperidine rings is 2. The maximum atomic E-state index is 12.2. The Labute approximate surface area is 203 Å². The van der Waals surface area contributed by atoms with Crippen LogP contribution in [0.25, 0.3) is 10.9 Å². The average Bonchev–Trinajstić information content (AvgIpc) is 3.19. The number of nitrogens with zero attached hydrogens (tertiary/aromatic N) is 3. The van der Waals surface area contributed by atoms with E-state index in [0.29, 0.717) is 0 Å². The number of fused-ring (bicyclic) bond motifs is 1. The summed E-state index contributed by atoms with van der Waals surface area (Å²) < 4.78 is 0. The van der Waals surface area contributed by atoms with Gasteiger partial charge in [-0.05, 0) is 63.9 Å². The summed E-state index contributed by atoms with van der Waals surface area (Å²) in [5, 5.41) is 1.31. The summed E-state index contributed by atoms with van der Waals surface area (Å²) in [6.45, 7) is 6.12. The summed E-state index contributed by atoms with van der Waals surface area (Å²) in [7, 11) is 4.42. The zero-order chi connectivity index (χ0) is 23.7. The zero-order valence-electron chi connectivity index (χ0n) is 20.8. The van der Waals surface area contributed by atoms with Crippen molar-refractivity contribution >= 4 is 17.2 Å². The molecular formula is C29H38N4O. The van der Waals surface area contributed by atoms with Crippen molar-refractivity contribution in [2.45, 2.75) is 50.9 Å². The predicted octanol–water partition coefficient (Wildman–Crippen LogP) is 4.77. The number of rotatable bonds is 6. The molecule has 180 valence electrons. The highest BCUT2D eigenvalue weighted by Gasteiger charge is 2.43. The van der Waals surface area contributed by atoms with E-state index < -0.39 is 0 Å². The monoisotopic (exact) mass is 458 g/mol. The Morgan fingerprint density at radius 2 is 1.74 bits per heavy atom. The van der Waals surface area contributed by atoms with Crippen molar-refractivity contribution in [2.75, 3.05) is 33.7 Å². The smallest absolute Gasteiger partial charge is 0.125 e. The van der Waals surface area contributed by atoms with Gasteiger partial charge >= 0.3 is 0 Å². The van der Waals surface area contributed by atoms with Gasteiger partial charge < -0.3 is 9.78 Å². The van der Waals surface area contributed by atoms with Crippen LogP contribution in [0.5, 0.6) is 0 Å². The molecule has 0 aliphatic carbocycles. The summed E-state index contributed by atoms with van der Waals surface area (Å²) in [5.74, 6) is 0.0721. The van der Waals surface area contributed by atoms with Crippen molar-refractivity contribution in [3.05, 3.63) is 71.4 Å². The average molecular weight is 459 g/mol. The molecule has 5 nitrogen and oxygen atoms in total. The summed E-state index contributed by atoms with van der Waals surface area (Å²) in [4.78, 5) is 23.4. The number of aldehydes is 1. The molecule has 0 bridgehead atoms. The number of aromatic amines is 1. The van der Waals surface area contributed by atoms with E-state index in [1.165, 1.54) is 34.0 Å². The highest BCUT2D eigenvalue weighted by atomic mass is 16.1. The number of likely N-dealkylation sites (tertiary alicyclic amines) is 2. The summed E-state index contributed by atoms with van der Waals surface area (Å²) in [5.41, 5.74) is 5.27. The molecule has 5 heteroatoms. The number of carbonyl (C=O) groups is 1. The van der Waals surface area contributed by atoms with Crippen LogP contribution in [0.2, 0.25) is 0 Å². The minimum atomic E-state index is 0.0569. The van der Waals surface area contributed by atoms with Gasteiger partial charge in [-0.15, -0.1) is 0 Å². The minimum absolute atomic E-state index is 0.0569. The van der Waals surface area contributed by atoms with Gasteiger partial charge in [0.1, 0.15) is 6.29 Å². The highest BCUT2D eigenvalue weighted by Crippen LogP contribution is 2.40. The predicted molar refractivity (Wildman–Crippen MR) is 139 cm³/mol. The number of H-pyrrole nitrogens is 1. The van der Waals surface area contributed by atoms with E-state index in [4.69, 9.17) is 0 Å². The molecule has 1 aromatic heterocycles. The molecule has 2 fully saturated rings. The number of hydrogen-bond acceptors (Lipinski definition) is 4. The molecule has 1 N–H and O–H groups in total. The molecule has 0 amide bonds. The Balaban J connectivity index is 1.40. The van der Waals surface area contributed by atoms with E-state index in [-0.39, 0.29) is 17.6 Å². The molecule has 34 heavy (non-hydrogen) atoms. The third-order valence-electron chi connectivity index (χ3n) is 8.47. The van der Waals surface area contributed by atoms with Gasteiger partial charge in [0.25, 0.3) is 0 Å². The van der Waals surface area contributed by atoms with Gasteiger partial charge in [0, 0.05) is 54.2 Å². The third kappa shape index (κ3) is 4.10. The lowest BCUT2D eigenvalue weighted by Gasteiger charge is -2.52. The van der Waals surface area contributed by atoms with Crippen LogP contribution in [0.15, 0.2) is 54.6 Å². The largest absolute Gasteiger partial charge is 0.358 e. The fourth-order valence-electron chi connectivity index (χ4n) is 6.54. The maximum absolute atomic E-state index is 12.2. The molecule has 2 aliphatic rings. The van der Waals surface area contributed by atoms with Crippen LogP contribution < -0.4 is 0 Å². The van der Waals surface area contributed by atoms with E-state index in [0.717, 1.165) is 51.9 Å². The summed E-state index contributed by atoms with van der Waals surface area (Å²) >= 11 is 0. The highest BCUT2D eigenvalue weighted by molar-refractivity contribution is 5.84. The number of aryl methyl sites for hydroxylation is 1. The van der Waals surface area contributed by atoms with Gasteiger partial charge in [-0.1, -0.05) is 48.5 Å². The number of hydrogen-bond donors (Lipinski definition) is 1. The summed E-state index contributed by atoms with van der Waals surface area (Å²) in [6.07, 6.45) is 5.63. The van der Waals surface area contributed by atoms with E-state index in [1.54, 1.807) is 0 Å². The topological polar surface area (TPSA) is 42.6 Å². The van der Waals surface area contributed by atoms with E-state index in [2.05, 4.69) is 95.3 Å². The molecule has 2 unspecified atom stereocenters. The number of aromatic nitrogens is 1. The van der Waals surface area contributed by atoms with Crippen molar-refractivity contribution < 1.29 is 4.79 Å². The van der Waals surface area contributed by atoms with Crippen LogP contribution in [-0.4, -0.2) is 65.9 Å². The molecular weight excluding hydrogens is 420 g/mol. The van der Waals surface area contributed by atoms with Gasteiger partial charge in [0.05, 0.1) is 6.17 Å². The number of nitrogens with one attached hydrogen (secondary N) is 1. The van der Waals surface area contributed by atoms with E-state index >= 15 is 0 Å². The lowest BCUT2D eigenvalue weighted by molar-refractivity contribution is -0.122. The molecule has 3 heterocycles. The number of carbonyl (C=O) groups excluding carboxylic acids is 1. The van der Waals surface area contributed by atoms with Gasteiger partial charge in [-0.25, -0.2) is 0 Å². The second-order valence-corrected chi connectivity index (χ2v) is 10.4. The van der Waals surface area contributed by atoms with Crippen LogP contribution in [0.1, 0.15) is 42.5 Å². The lowest BCUT2D eigenvalue weighted by Crippen LogP contribution is -2.60. The third-order valence-corrected chi connectivity index (χ3v) is 8.47. The minimum Gasteiger partial charge on any atom is -0.358 e. The molecule has 0 radical (unpaired) electrons. The van der Waals surface area contributed by atoms with Crippen LogP contribution in [-0.2, 0) is 16.9 Å². The first-order valence-electron chi connectivity index (χ1n) is 12.8. The Hall–Kier alpha value is -2.47. The second kappa shape index (κ2) is 9.65. The first-order chi connectivity index (χ1) is 16.5. The fourth-order valence-corrected chi connectivity index (χ4v) is 6.54. The Morgan fingerprint density at radius 3 is 2.44 bits per heavy atom. The van der Waals surface area contributed by atoms with Crippen LogP contribution in [0.4, 0.5) is 0 Å². The molecule has 2 saturated heterocycles. The van der Waals surface area contributed by atoms with Crippen molar-refractivity contribution in [1.82, 2.24) is 19.7 Å². The van der Waals surface area contributed by atoms with Gasteiger partial charge in [-0.3, -0.25) is 14.7 Å². The van der Waals surface area contributed by atoms with Crippen molar-refractivity contribution in [1.29, 1.82) is 0 Å². The molecule has 2 atom stereocenters. The normalized spacial score (nSPS) is 24.0. The fraction of sp³-hybridized carbons (Fsp3) is 0.483. The quantitative estimate of drug-likeness (QED) is 0.541. The Kier molecular flexibility index (Phi) is 6.61. The Bertz CT molecular complexity index is 1110. The zero-order valence-corrected chi connectivity index (χ0v) is 20.8. The van der Waals surface area contributed by atoms with Crippen LogP contribution in [0.3, 0.4) is 0 Å². The first kappa shape index (κ1) is 23.3.